The second-order valence-electron chi connectivity index (χ2n) is 6.49. The van der Waals surface area contributed by atoms with E-state index in [1.807, 2.05) is 6.08 Å². The Morgan fingerprint density at radius 2 is 1.38 bits per heavy atom. The van der Waals surface area contributed by atoms with Gasteiger partial charge in [0, 0.05) is 0 Å². The Bertz CT molecular complexity index is 385. The monoisotopic (exact) mass is 332 g/mol. The number of allylic oxidation sites excluding steroid dienone is 1. The van der Waals surface area contributed by atoms with Gasteiger partial charge in [-0.2, -0.15) is 0 Å². The van der Waals surface area contributed by atoms with Gasteiger partial charge in [-0.3, -0.25) is 0 Å². The molecule has 1 aliphatic heterocycles. The van der Waals surface area contributed by atoms with E-state index in [9.17, 15) is 0 Å². The predicted molar refractivity (Wildman–Crippen MR) is 110 cm³/mol. The lowest BCUT2D eigenvalue weighted by atomic mass is 10.0. The number of hydrogen-bond acceptors (Lipinski definition) is 2. The maximum atomic E-state index is 4.50. The summed E-state index contributed by atoms with van der Waals surface area (Å²) in [4.78, 5) is 0. The molecule has 2 heteroatoms. The van der Waals surface area contributed by atoms with Crippen LogP contribution in [0.5, 0.6) is 0 Å². The minimum absolute atomic E-state index is 0.973. The van der Waals surface area contributed by atoms with Gasteiger partial charge in [0.05, 0.1) is 0 Å². The summed E-state index contributed by atoms with van der Waals surface area (Å²) in [6.45, 7) is 10.5. The van der Waals surface area contributed by atoms with Gasteiger partial charge in [0.15, 0.2) is 0 Å². The third-order valence-electron chi connectivity index (χ3n) is 4.41. The van der Waals surface area contributed by atoms with Crippen LogP contribution < -0.4 is 11.1 Å². The molecule has 0 spiro atoms. The summed E-state index contributed by atoms with van der Waals surface area (Å²) >= 11 is 0. The first kappa shape index (κ1) is 22.9. The molecule has 2 aliphatic rings. The number of rotatable bonds is 2. The highest BCUT2D eigenvalue weighted by molar-refractivity contribution is 5.30. The normalized spacial score (nSPS) is 15.7. The number of nitrogens with one attached hydrogen (secondary N) is 1. The van der Waals surface area contributed by atoms with Gasteiger partial charge in [0.2, 0.25) is 0 Å². The topological polar surface area (TPSA) is 38.0 Å². The van der Waals surface area contributed by atoms with Gasteiger partial charge in [-0.15, -0.1) is 6.58 Å². The highest BCUT2D eigenvalue weighted by Gasteiger charge is 1.95. The zero-order chi connectivity index (χ0) is 18.0. The van der Waals surface area contributed by atoms with Gasteiger partial charge in [0.1, 0.15) is 0 Å². The highest BCUT2D eigenvalue weighted by atomic mass is 14.9. The molecular weight excluding hydrogens is 292 g/mol. The third-order valence-corrected chi connectivity index (χ3v) is 4.41. The molecule has 3 N–H and O–H groups in total. The molecular formula is C22H40N2. The molecule has 0 amide bonds. The summed E-state index contributed by atoms with van der Waals surface area (Å²) < 4.78 is 0. The van der Waals surface area contributed by atoms with E-state index in [2.05, 4.69) is 49.7 Å². The summed E-state index contributed by atoms with van der Waals surface area (Å²) in [6, 6.07) is 6.54. The third kappa shape index (κ3) is 12.3. The zero-order valence-electron chi connectivity index (χ0n) is 16.4. The molecule has 138 valence electrons. The van der Waals surface area contributed by atoms with Crippen molar-refractivity contribution in [3.05, 3.63) is 47.5 Å². The Morgan fingerprint density at radius 3 is 1.71 bits per heavy atom. The summed E-state index contributed by atoms with van der Waals surface area (Å²) in [5, 5.41) is 3.22. The van der Waals surface area contributed by atoms with Crippen LogP contribution in [0.4, 0.5) is 0 Å². The Kier molecular flexibility index (Phi) is 15.9. The Hall–Kier alpha value is -1.12. The lowest BCUT2D eigenvalue weighted by Gasteiger charge is -2.05. The molecule has 0 bridgehead atoms. The smallest absolute Gasteiger partial charge is 0.00484 e. The summed E-state index contributed by atoms with van der Waals surface area (Å²) in [5.74, 6) is 0. The molecule has 0 aromatic heterocycles. The van der Waals surface area contributed by atoms with Gasteiger partial charge >= 0.3 is 0 Å². The standard InChI is InChI=1S/C11H14.C6H12.C4H9N.CH5N/c1-4-5-11-7-6-9(2)10(3)8-11;1-2-4-6-5-3-1;1-2-4-5-3-1;1-2/h4,6-8H,1,5H2,2-3H3;1-6H2;5H,1-4H2;2H2,1H3. The van der Waals surface area contributed by atoms with Crippen LogP contribution in [0.15, 0.2) is 30.9 Å². The second-order valence-corrected chi connectivity index (χ2v) is 6.49. The van der Waals surface area contributed by atoms with Crippen LogP contribution in [0, 0.1) is 13.8 Å². The van der Waals surface area contributed by atoms with E-state index in [1.165, 1.54) is 88.2 Å². The van der Waals surface area contributed by atoms with Crippen molar-refractivity contribution in [2.75, 3.05) is 20.1 Å². The zero-order valence-corrected chi connectivity index (χ0v) is 16.4. The van der Waals surface area contributed by atoms with E-state index >= 15 is 0 Å². The van der Waals surface area contributed by atoms with Crippen molar-refractivity contribution in [3.63, 3.8) is 0 Å². The maximum Gasteiger partial charge on any atom is -0.00484 e. The molecule has 1 aromatic carbocycles. The van der Waals surface area contributed by atoms with E-state index in [4.69, 9.17) is 0 Å². The maximum absolute atomic E-state index is 4.50. The van der Waals surface area contributed by atoms with Crippen LogP contribution in [-0.4, -0.2) is 20.1 Å². The number of aryl methyl sites for hydroxylation is 2. The van der Waals surface area contributed by atoms with Crippen LogP contribution in [0.1, 0.15) is 68.1 Å². The SMILES string of the molecule is C1CCCCC1.C1CCNC1.C=CCc1ccc(C)c(C)c1.CN. The number of nitrogens with two attached hydrogens (primary N) is 1. The lowest BCUT2D eigenvalue weighted by Crippen LogP contribution is -2.03. The Labute approximate surface area is 150 Å². The largest absolute Gasteiger partial charge is 0.333 e. The fourth-order valence-corrected chi connectivity index (χ4v) is 2.78. The van der Waals surface area contributed by atoms with Gasteiger partial charge in [0.25, 0.3) is 0 Å². The predicted octanol–water partition coefficient (Wildman–Crippen LogP) is 5.32. The Morgan fingerprint density at radius 1 is 0.875 bits per heavy atom. The second kappa shape index (κ2) is 16.7. The molecule has 2 nitrogen and oxygen atoms in total. The molecule has 3 rings (SSSR count). The van der Waals surface area contributed by atoms with E-state index < -0.39 is 0 Å². The molecule has 0 unspecified atom stereocenters. The van der Waals surface area contributed by atoms with Crippen molar-refractivity contribution < 1.29 is 0 Å². The van der Waals surface area contributed by atoms with Crippen molar-refractivity contribution in [3.8, 4) is 0 Å². The quantitative estimate of drug-likeness (QED) is 0.720. The fourth-order valence-electron chi connectivity index (χ4n) is 2.78. The van der Waals surface area contributed by atoms with Gasteiger partial charge in [-0.1, -0.05) is 62.8 Å². The van der Waals surface area contributed by atoms with E-state index in [-0.39, 0.29) is 0 Å². The molecule has 0 atom stereocenters. The first-order valence-corrected chi connectivity index (χ1v) is 9.69. The van der Waals surface area contributed by atoms with Crippen LogP contribution in [0.3, 0.4) is 0 Å². The molecule has 1 saturated heterocycles. The van der Waals surface area contributed by atoms with Crippen LogP contribution in [0.25, 0.3) is 0 Å². The van der Waals surface area contributed by atoms with Crippen LogP contribution in [0.2, 0.25) is 0 Å². The van der Waals surface area contributed by atoms with Crippen molar-refractivity contribution in [2.24, 2.45) is 5.73 Å². The van der Waals surface area contributed by atoms with Crippen LogP contribution >= 0.6 is 0 Å². The average molecular weight is 333 g/mol. The minimum Gasteiger partial charge on any atom is -0.333 e. The van der Waals surface area contributed by atoms with Crippen molar-refractivity contribution in [1.82, 2.24) is 5.32 Å². The van der Waals surface area contributed by atoms with Crippen molar-refractivity contribution in [1.29, 1.82) is 0 Å². The van der Waals surface area contributed by atoms with E-state index in [0.29, 0.717) is 0 Å². The molecule has 1 aliphatic carbocycles. The highest BCUT2D eigenvalue weighted by Crippen LogP contribution is 2.15. The minimum atomic E-state index is 0.973. The summed E-state index contributed by atoms with van der Waals surface area (Å²) in [6.07, 6.45) is 14.7. The van der Waals surface area contributed by atoms with Crippen molar-refractivity contribution >= 4 is 0 Å². The van der Waals surface area contributed by atoms with Crippen LogP contribution in [-0.2, 0) is 6.42 Å². The first-order chi connectivity index (χ1) is 11.7. The number of hydrogen-bond donors (Lipinski definition) is 2. The molecule has 1 heterocycles. The fraction of sp³-hybridized carbons (Fsp3) is 0.636. The molecule has 1 saturated carbocycles. The Balaban J connectivity index is 0.000000342. The average Bonchev–Trinajstić information content (AvgIpc) is 3.22. The molecule has 0 radical (unpaired) electrons. The molecule has 24 heavy (non-hydrogen) atoms. The van der Waals surface area contributed by atoms with E-state index in [1.54, 1.807) is 0 Å². The molecule has 2 fully saturated rings. The van der Waals surface area contributed by atoms with Crippen molar-refractivity contribution in [2.45, 2.75) is 71.6 Å². The van der Waals surface area contributed by atoms with E-state index in [0.717, 1.165) is 6.42 Å². The summed E-state index contributed by atoms with van der Waals surface area (Å²) in [5.41, 5.74) is 8.57. The van der Waals surface area contributed by atoms with Gasteiger partial charge in [-0.05, 0) is 69.9 Å². The molecule has 1 aromatic rings. The van der Waals surface area contributed by atoms with Gasteiger partial charge < -0.3 is 11.1 Å². The van der Waals surface area contributed by atoms with Gasteiger partial charge in [-0.25, -0.2) is 0 Å². The summed E-state index contributed by atoms with van der Waals surface area (Å²) in [7, 11) is 1.50. The lowest BCUT2D eigenvalue weighted by molar-refractivity contribution is 0.504. The number of benzene rings is 1. The first-order valence-electron chi connectivity index (χ1n) is 9.69.